The van der Waals surface area contributed by atoms with Gasteiger partial charge in [-0.1, -0.05) is 161 Å². The van der Waals surface area contributed by atoms with Gasteiger partial charge in [0.05, 0.1) is 5.57 Å². The fourth-order valence-electron chi connectivity index (χ4n) is 6.02. The summed E-state index contributed by atoms with van der Waals surface area (Å²) < 4.78 is 1.44. The number of aryl methyl sites for hydroxylation is 2. The molecule has 0 bridgehead atoms. The van der Waals surface area contributed by atoms with Gasteiger partial charge in [-0.05, 0) is 67.9 Å². The van der Waals surface area contributed by atoms with Crippen LogP contribution in [-0.2, 0) is 29.3 Å². The summed E-state index contributed by atoms with van der Waals surface area (Å²) in [6.45, 7) is 18.2. The summed E-state index contributed by atoms with van der Waals surface area (Å²) in [4.78, 5) is 0. The second kappa shape index (κ2) is 35.0. The molecule has 0 aliphatic carbocycles. The third-order valence-corrected chi connectivity index (χ3v) is 9.32. The van der Waals surface area contributed by atoms with E-state index in [0.29, 0.717) is 0 Å². The van der Waals surface area contributed by atoms with Crippen molar-refractivity contribution < 1.29 is 21.2 Å². The zero-order valence-corrected chi connectivity index (χ0v) is 35.7. The fourth-order valence-corrected chi connectivity index (χ4v) is 6.02. The monoisotopic (exact) mass is 763 g/mol. The second-order valence-electron chi connectivity index (χ2n) is 14.1. The van der Waals surface area contributed by atoms with Gasteiger partial charge in [0, 0.05) is 30.0 Å². The third-order valence-electron chi connectivity index (χ3n) is 9.32. The van der Waals surface area contributed by atoms with Crippen LogP contribution in [-0.4, -0.2) is 4.70 Å². The van der Waals surface area contributed by atoms with Crippen molar-refractivity contribution in [1.82, 2.24) is 0 Å². The Labute approximate surface area is 339 Å². The SMILES string of the molecule is CCCC#CCCc1ccccc1C1=C(C=CCCCCCCCCC)C=C(c2cccc(CCCCCCCC)c2)[N+]1=[N-].[CH2-]CCC.[CH2-]CCC.[Ni+2]. The average Bonchev–Trinajstić information content (AvgIpc) is 3.51. The topological polar surface area (TPSA) is 25.3 Å². The maximum absolute atomic E-state index is 11.8. The van der Waals surface area contributed by atoms with Gasteiger partial charge in [-0.15, -0.1) is 11.8 Å². The summed E-state index contributed by atoms with van der Waals surface area (Å²) in [5.41, 5.74) is 19.3. The van der Waals surface area contributed by atoms with Crippen molar-refractivity contribution in [2.24, 2.45) is 0 Å². The standard InChI is InChI=1S/C42H58N2.2C4H9.Ni/c1-4-7-10-13-15-16-17-20-23-31-39-35-41(38-32-26-28-36(34-38)27-21-19-14-11-8-5-2)44(43)42(39)40-33-25-24-30-37(40)29-22-18-12-9-6-3;2*1-3-4-2;/h23-26,28,30-35H,4-11,13-17,19-22,27,29H2,1-3H3;2*1,3-4H2,2H3;/q;2*-1;+2. The van der Waals surface area contributed by atoms with Gasteiger partial charge in [0.2, 0.25) is 11.4 Å². The van der Waals surface area contributed by atoms with Crippen molar-refractivity contribution in [3.8, 4) is 11.8 Å². The molecule has 0 spiro atoms. The van der Waals surface area contributed by atoms with Crippen LogP contribution >= 0.6 is 0 Å². The van der Waals surface area contributed by atoms with E-state index in [1.807, 2.05) is 0 Å². The molecule has 2 aromatic carbocycles. The first-order chi connectivity index (χ1) is 25.5. The maximum Gasteiger partial charge on any atom is 2.00 e. The zero-order valence-electron chi connectivity index (χ0n) is 34.7. The van der Waals surface area contributed by atoms with Crippen LogP contribution in [0, 0.1) is 25.7 Å². The van der Waals surface area contributed by atoms with Crippen LogP contribution in [0.2, 0.25) is 0 Å². The van der Waals surface area contributed by atoms with E-state index in [1.54, 1.807) is 0 Å². The number of benzene rings is 2. The summed E-state index contributed by atoms with van der Waals surface area (Å²) in [5, 5.41) is 0. The van der Waals surface area contributed by atoms with Crippen LogP contribution in [0.4, 0.5) is 0 Å². The third kappa shape index (κ3) is 22.3. The molecular formula is C50H76N2Ni. The van der Waals surface area contributed by atoms with Crippen molar-refractivity contribution in [2.45, 2.75) is 182 Å². The molecular weight excluding hydrogens is 687 g/mol. The molecule has 0 amide bonds. The summed E-state index contributed by atoms with van der Waals surface area (Å²) in [7, 11) is 0. The molecule has 53 heavy (non-hydrogen) atoms. The van der Waals surface area contributed by atoms with Gasteiger partial charge < -0.3 is 19.4 Å². The number of hydrogen-bond donors (Lipinski definition) is 0. The first-order valence-corrected chi connectivity index (χ1v) is 21.4. The first-order valence-electron chi connectivity index (χ1n) is 21.4. The van der Waals surface area contributed by atoms with Gasteiger partial charge in [0.25, 0.3) is 0 Å². The van der Waals surface area contributed by atoms with Crippen molar-refractivity contribution in [3.05, 3.63) is 114 Å². The van der Waals surface area contributed by atoms with E-state index in [0.717, 1.165) is 79.5 Å². The number of hydrogen-bond acceptors (Lipinski definition) is 0. The Bertz CT molecular complexity index is 1360. The summed E-state index contributed by atoms with van der Waals surface area (Å²) in [6, 6.07) is 17.3. The summed E-state index contributed by atoms with van der Waals surface area (Å²) >= 11 is 0. The van der Waals surface area contributed by atoms with Gasteiger partial charge in [-0.25, -0.2) is 4.70 Å². The molecule has 2 nitrogen and oxygen atoms in total. The number of allylic oxidation sites excluding steroid dienone is 4. The second-order valence-corrected chi connectivity index (χ2v) is 14.1. The van der Waals surface area contributed by atoms with Crippen LogP contribution in [0.3, 0.4) is 0 Å². The minimum absolute atomic E-state index is 0. The summed E-state index contributed by atoms with van der Waals surface area (Å²) in [6.07, 6.45) is 34.3. The van der Waals surface area contributed by atoms with E-state index in [1.165, 1.54) is 112 Å². The Balaban J connectivity index is 0.00000272. The molecule has 0 aromatic heterocycles. The predicted molar refractivity (Wildman–Crippen MR) is 232 cm³/mol. The molecule has 0 unspecified atom stereocenters. The Morgan fingerprint density at radius 3 is 1.85 bits per heavy atom. The Hall–Kier alpha value is -2.69. The van der Waals surface area contributed by atoms with E-state index in [2.05, 4.69) is 127 Å². The molecule has 1 aliphatic heterocycles. The zero-order chi connectivity index (χ0) is 38.1. The van der Waals surface area contributed by atoms with Crippen molar-refractivity contribution in [1.29, 1.82) is 0 Å². The van der Waals surface area contributed by atoms with Gasteiger partial charge >= 0.3 is 16.5 Å². The summed E-state index contributed by atoms with van der Waals surface area (Å²) in [5.74, 6) is 6.64. The van der Waals surface area contributed by atoms with Crippen molar-refractivity contribution in [2.75, 3.05) is 0 Å². The molecule has 296 valence electrons. The molecule has 3 heteroatoms. The van der Waals surface area contributed by atoms with Crippen molar-refractivity contribution >= 4 is 11.4 Å². The Kier molecular flexibility index (Phi) is 33.3. The Morgan fingerprint density at radius 2 is 1.23 bits per heavy atom. The maximum atomic E-state index is 11.8. The van der Waals surface area contributed by atoms with E-state index in [4.69, 9.17) is 0 Å². The van der Waals surface area contributed by atoms with Crippen LogP contribution in [0.5, 0.6) is 0 Å². The molecule has 0 atom stereocenters. The fraction of sp³-hybridized carbons (Fsp3) is 0.560. The van der Waals surface area contributed by atoms with Crippen molar-refractivity contribution in [3.63, 3.8) is 0 Å². The molecule has 1 heterocycles. The van der Waals surface area contributed by atoms with Crippen LogP contribution in [0.25, 0.3) is 16.9 Å². The molecule has 2 aromatic rings. The average molecular weight is 764 g/mol. The van der Waals surface area contributed by atoms with Gasteiger partial charge in [0.15, 0.2) is 0 Å². The molecule has 1 aliphatic rings. The quantitative estimate of drug-likeness (QED) is 0.0354. The van der Waals surface area contributed by atoms with Gasteiger partial charge in [-0.2, -0.15) is 12.8 Å². The largest absolute Gasteiger partial charge is 2.00 e. The van der Waals surface area contributed by atoms with E-state index < -0.39 is 0 Å². The van der Waals surface area contributed by atoms with Gasteiger partial charge in [-0.3, -0.25) is 0 Å². The number of rotatable bonds is 23. The van der Waals surface area contributed by atoms with Gasteiger partial charge in [0.1, 0.15) is 0 Å². The van der Waals surface area contributed by atoms with Crippen LogP contribution in [0.1, 0.15) is 192 Å². The molecule has 0 N–H and O–H groups in total. The molecule has 3 rings (SSSR count). The van der Waals surface area contributed by atoms with E-state index in [9.17, 15) is 5.53 Å². The first kappa shape index (κ1) is 50.3. The van der Waals surface area contributed by atoms with E-state index in [-0.39, 0.29) is 16.5 Å². The smallest absolute Gasteiger partial charge is 0.493 e. The molecule has 0 saturated carbocycles. The van der Waals surface area contributed by atoms with Crippen LogP contribution in [0.15, 0.2) is 72.3 Å². The van der Waals surface area contributed by atoms with Crippen LogP contribution < -0.4 is 0 Å². The number of unbranched alkanes of at least 4 members (excludes halogenated alkanes) is 15. The number of nitrogens with zero attached hydrogens (tertiary/aromatic N) is 2. The minimum Gasteiger partial charge on any atom is -0.493 e. The van der Waals surface area contributed by atoms with E-state index >= 15 is 0 Å². The minimum atomic E-state index is 0. The molecule has 0 fully saturated rings. The normalized spacial score (nSPS) is 12.0. The predicted octanol–water partition coefficient (Wildman–Crippen LogP) is 16.1. The Morgan fingerprint density at radius 1 is 0.642 bits per heavy atom. The molecule has 0 radical (unpaired) electrons. The molecule has 0 saturated heterocycles.